The molecule has 1 aromatic carbocycles. The second-order valence-corrected chi connectivity index (χ2v) is 5.78. The van der Waals surface area contributed by atoms with Crippen LogP contribution in [0.1, 0.15) is 33.9 Å². The summed E-state index contributed by atoms with van der Waals surface area (Å²) in [4.78, 5) is 5.22. The van der Waals surface area contributed by atoms with Crippen LogP contribution in [0.25, 0.3) is 5.13 Å². The number of fused-ring (bicyclic) bond motifs is 2. The molecule has 1 aliphatic rings. The van der Waals surface area contributed by atoms with E-state index in [4.69, 9.17) is 0 Å². The Morgan fingerprint density at radius 1 is 0.950 bits per heavy atom. The van der Waals surface area contributed by atoms with Gasteiger partial charge in [-0.1, -0.05) is 35.6 Å². The molecule has 2 N–H and O–H groups in total. The Morgan fingerprint density at radius 2 is 1.60 bits per heavy atom. The fraction of sp³-hybridized carbons (Fsp3) is 0.133. The van der Waals surface area contributed by atoms with Crippen LogP contribution in [0.4, 0.5) is 0 Å². The Bertz CT molecular complexity index is 718. The quantitative estimate of drug-likeness (QED) is 0.721. The standard InChI is InChI=1S/C15H12N2O2S/c18-12-9-5-1-2-6-10(9)13(19)14-11(12)16-15(20-14)17-7-3-4-8-17/h1-8,12-13,18-19H. The second kappa shape index (κ2) is 4.28. The summed E-state index contributed by atoms with van der Waals surface area (Å²) < 4.78 is 1.88. The van der Waals surface area contributed by atoms with Gasteiger partial charge in [0.15, 0.2) is 5.13 Å². The van der Waals surface area contributed by atoms with Crippen molar-refractivity contribution in [1.82, 2.24) is 9.55 Å². The van der Waals surface area contributed by atoms with Gasteiger partial charge < -0.3 is 14.8 Å². The minimum Gasteiger partial charge on any atom is -0.383 e. The number of hydrogen-bond acceptors (Lipinski definition) is 4. The van der Waals surface area contributed by atoms with Gasteiger partial charge in [0.25, 0.3) is 0 Å². The van der Waals surface area contributed by atoms with E-state index >= 15 is 0 Å². The lowest BCUT2D eigenvalue weighted by Gasteiger charge is -2.24. The summed E-state index contributed by atoms with van der Waals surface area (Å²) in [6.07, 6.45) is 2.31. The van der Waals surface area contributed by atoms with Gasteiger partial charge >= 0.3 is 0 Å². The highest BCUT2D eigenvalue weighted by Gasteiger charge is 2.33. The maximum atomic E-state index is 10.5. The van der Waals surface area contributed by atoms with Gasteiger partial charge in [0.05, 0.1) is 10.6 Å². The fourth-order valence-corrected chi connectivity index (χ4v) is 3.66. The molecule has 0 saturated heterocycles. The van der Waals surface area contributed by atoms with E-state index in [0.29, 0.717) is 5.69 Å². The van der Waals surface area contributed by atoms with Gasteiger partial charge in [-0.25, -0.2) is 4.98 Å². The summed E-state index contributed by atoms with van der Waals surface area (Å²) in [6, 6.07) is 11.2. The average Bonchev–Trinajstić information content (AvgIpc) is 3.13. The first-order valence-electron chi connectivity index (χ1n) is 6.34. The molecule has 1 aliphatic carbocycles. The molecule has 3 aromatic rings. The lowest BCUT2D eigenvalue weighted by molar-refractivity contribution is 0.173. The third-order valence-corrected chi connectivity index (χ3v) is 4.72. The smallest absolute Gasteiger partial charge is 0.194 e. The van der Waals surface area contributed by atoms with E-state index in [0.717, 1.165) is 21.1 Å². The highest BCUT2D eigenvalue weighted by molar-refractivity contribution is 7.14. The molecule has 0 spiro atoms. The van der Waals surface area contributed by atoms with Crippen LogP contribution in [-0.2, 0) is 0 Å². The SMILES string of the molecule is OC1c2ccccc2C(O)c2sc(-n3cccc3)nc21. The van der Waals surface area contributed by atoms with E-state index in [9.17, 15) is 10.2 Å². The first-order chi connectivity index (χ1) is 9.75. The summed E-state index contributed by atoms with van der Waals surface area (Å²) in [5.41, 5.74) is 2.05. The second-order valence-electron chi connectivity index (χ2n) is 4.77. The number of aliphatic hydroxyl groups excluding tert-OH is 2. The molecule has 0 radical (unpaired) electrons. The van der Waals surface area contributed by atoms with Crippen LogP contribution >= 0.6 is 11.3 Å². The Labute approximate surface area is 119 Å². The third-order valence-electron chi connectivity index (χ3n) is 3.59. The van der Waals surface area contributed by atoms with Gasteiger partial charge in [0, 0.05) is 12.4 Å². The number of nitrogens with zero attached hydrogens (tertiary/aromatic N) is 2. The normalized spacial score (nSPS) is 20.5. The van der Waals surface area contributed by atoms with Gasteiger partial charge in [0.2, 0.25) is 0 Å². The molecule has 0 bridgehead atoms. The summed E-state index contributed by atoms with van der Waals surface area (Å²) in [5, 5.41) is 21.7. The van der Waals surface area contributed by atoms with E-state index in [-0.39, 0.29) is 0 Å². The van der Waals surface area contributed by atoms with E-state index in [1.54, 1.807) is 0 Å². The molecule has 2 aromatic heterocycles. The molecule has 100 valence electrons. The Kier molecular flexibility index (Phi) is 2.53. The van der Waals surface area contributed by atoms with Crippen LogP contribution in [0.5, 0.6) is 0 Å². The third kappa shape index (κ3) is 1.57. The van der Waals surface area contributed by atoms with E-state index in [2.05, 4.69) is 4.98 Å². The first-order valence-corrected chi connectivity index (χ1v) is 7.16. The number of rotatable bonds is 1. The largest absolute Gasteiger partial charge is 0.383 e. The van der Waals surface area contributed by atoms with Crippen molar-refractivity contribution in [2.75, 3.05) is 0 Å². The topological polar surface area (TPSA) is 58.3 Å². The van der Waals surface area contributed by atoms with Crippen LogP contribution in [0.3, 0.4) is 0 Å². The summed E-state index contributed by atoms with van der Waals surface area (Å²) >= 11 is 1.41. The molecule has 20 heavy (non-hydrogen) atoms. The predicted molar refractivity (Wildman–Crippen MR) is 76.0 cm³/mol. The van der Waals surface area contributed by atoms with Crippen LogP contribution in [0, 0.1) is 0 Å². The predicted octanol–water partition coefficient (Wildman–Crippen LogP) is 2.41. The van der Waals surface area contributed by atoms with Crippen molar-refractivity contribution in [1.29, 1.82) is 0 Å². The Morgan fingerprint density at radius 3 is 2.30 bits per heavy atom. The highest BCUT2D eigenvalue weighted by atomic mass is 32.1. The lowest BCUT2D eigenvalue weighted by atomic mass is 9.89. The van der Waals surface area contributed by atoms with Crippen molar-refractivity contribution >= 4 is 11.3 Å². The maximum Gasteiger partial charge on any atom is 0.194 e. The zero-order valence-electron chi connectivity index (χ0n) is 10.5. The van der Waals surface area contributed by atoms with Gasteiger partial charge in [-0.2, -0.15) is 0 Å². The van der Waals surface area contributed by atoms with Gasteiger partial charge in [-0.05, 0) is 23.3 Å². The van der Waals surface area contributed by atoms with Crippen molar-refractivity contribution in [3.8, 4) is 5.13 Å². The highest BCUT2D eigenvalue weighted by Crippen LogP contribution is 2.43. The fourth-order valence-electron chi connectivity index (χ4n) is 2.59. The van der Waals surface area contributed by atoms with E-state index in [1.165, 1.54) is 11.3 Å². The Hall–Kier alpha value is -1.95. The summed E-state index contributed by atoms with van der Waals surface area (Å²) in [5.74, 6) is 0. The lowest BCUT2D eigenvalue weighted by Crippen LogP contribution is -2.16. The van der Waals surface area contributed by atoms with Gasteiger partial charge in [0.1, 0.15) is 12.2 Å². The minimum atomic E-state index is -0.773. The molecule has 4 rings (SSSR count). The molecule has 0 fully saturated rings. The number of aliphatic hydroxyl groups is 2. The Balaban J connectivity index is 1.89. The number of hydrogen-bond donors (Lipinski definition) is 2. The molecule has 5 heteroatoms. The molecular weight excluding hydrogens is 272 g/mol. The number of thiazole rings is 1. The molecule has 0 saturated carbocycles. The van der Waals surface area contributed by atoms with Gasteiger partial charge in [-0.3, -0.25) is 0 Å². The molecule has 4 nitrogen and oxygen atoms in total. The monoisotopic (exact) mass is 284 g/mol. The van der Waals surface area contributed by atoms with Crippen LogP contribution in [0.15, 0.2) is 48.8 Å². The van der Waals surface area contributed by atoms with Crippen molar-refractivity contribution in [3.05, 3.63) is 70.5 Å². The van der Waals surface area contributed by atoms with Gasteiger partial charge in [-0.15, -0.1) is 0 Å². The zero-order chi connectivity index (χ0) is 13.7. The number of benzene rings is 1. The first kappa shape index (κ1) is 11.8. The van der Waals surface area contributed by atoms with Crippen molar-refractivity contribution in [2.45, 2.75) is 12.2 Å². The van der Waals surface area contributed by atoms with Crippen molar-refractivity contribution in [2.24, 2.45) is 0 Å². The molecule has 2 unspecified atom stereocenters. The average molecular weight is 284 g/mol. The van der Waals surface area contributed by atoms with Crippen LogP contribution < -0.4 is 0 Å². The zero-order valence-corrected chi connectivity index (χ0v) is 11.3. The van der Waals surface area contributed by atoms with Crippen LogP contribution in [-0.4, -0.2) is 19.8 Å². The molecule has 0 amide bonds. The van der Waals surface area contributed by atoms with Crippen LogP contribution in [0.2, 0.25) is 0 Å². The maximum absolute atomic E-state index is 10.5. The van der Waals surface area contributed by atoms with Crippen molar-refractivity contribution < 1.29 is 10.2 Å². The molecule has 0 aliphatic heterocycles. The van der Waals surface area contributed by atoms with E-state index in [1.807, 2.05) is 53.4 Å². The molecular formula is C15H12N2O2S. The molecule has 2 heterocycles. The summed E-state index contributed by atoms with van der Waals surface area (Å²) in [7, 11) is 0. The minimum absolute atomic E-state index is 0.560. The number of aromatic nitrogens is 2. The summed E-state index contributed by atoms with van der Waals surface area (Å²) in [6.45, 7) is 0. The van der Waals surface area contributed by atoms with Crippen molar-refractivity contribution in [3.63, 3.8) is 0 Å². The van der Waals surface area contributed by atoms with E-state index < -0.39 is 12.2 Å². The molecule has 2 atom stereocenters.